The predicted octanol–water partition coefficient (Wildman–Crippen LogP) is 2.74. The molecule has 2 unspecified atom stereocenters. The van der Waals surface area contributed by atoms with Crippen LogP contribution in [0.1, 0.15) is 18.1 Å². The molecule has 0 aliphatic rings. The molecule has 3 nitrogen and oxygen atoms in total. The van der Waals surface area contributed by atoms with Crippen LogP contribution in [-0.4, -0.2) is 22.9 Å². The lowest BCUT2D eigenvalue weighted by molar-refractivity contribution is 0.0167. The molecule has 0 saturated heterocycles. The minimum atomic E-state index is -0.940. The lowest BCUT2D eigenvalue weighted by atomic mass is 9.90. The van der Waals surface area contributed by atoms with Crippen molar-refractivity contribution >= 4 is 21.5 Å². The zero-order valence-corrected chi connectivity index (χ0v) is 11.7. The molecule has 108 valence electrons. The van der Waals surface area contributed by atoms with Crippen LogP contribution >= 0.6 is 0 Å². The summed E-state index contributed by atoms with van der Waals surface area (Å²) in [6.45, 7) is 0.348. The molecule has 21 heavy (non-hydrogen) atoms. The van der Waals surface area contributed by atoms with Crippen molar-refractivity contribution < 1.29 is 10.2 Å². The average molecular weight is 281 g/mol. The molecular formula is C18H19NO2. The first-order valence-electron chi connectivity index (χ1n) is 7.19. The Morgan fingerprint density at radius 2 is 1.38 bits per heavy atom. The number of nitrogens with two attached hydrogens (primary N) is 1. The highest BCUT2D eigenvalue weighted by Gasteiger charge is 2.22. The van der Waals surface area contributed by atoms with Crippen molar-refractivity contribution in [3.63, 3.8) is 0 Å². The molecule has 0 aliphatic heterocycles. The molecule has 0 saturated carbocycles. The van der Waals surface area contributed by atoms with Crippen LogP contribution in [0, 0.1) is 0 Å². The van der Waals surface area contributed by atoms with Gasteiger partial charge in [-0.25, -0.2) is 0 Å². The first-order chi connectivity index (χ1) is 10.2. The highest BCUT2D eigenvalue weighted by atomic mass is 16.3. The quantitative estimate of drug-likeness (QED) is 0.644. The molecule has 0 bridgehead atoms. The highest BCUT2D eigenvalue weighted by Crippen LogP contribution is 2.34. The lowest BCUT2D eigenvalue weighted by Crippen LogP contribution is -2.22. The summed E-state index contributed by atoms with van der Waals surface area (Å²) in [5.74, 6) is 0. The van der Waals surface area contributed by atoms with Gasteiger partial charge < -0.3 is 15.9 Å². The Labute approximate surface area is 123 Å². The van der Waals surface area contributed by atoms with Crippen LogP contribution in [0.25, 0.3) is 21.5 Å². The molecule has 0 radical (unpaired) electrons. The molecule has 3 rings (SSSR count). The van der Waals surface area contributed by atoms with Crippen LogP contribution in [0.4, 0.5) is 0 Å². The van der Waals surface area contributed by atoms with E-state index in [9.17, 15) is 10.2 Å². The first kappa shape index (κ1) is 14.0. The highest BCUT2D eigenvalue weighted by molar-refractivity contribution is 6.02. The average Bonchev–Trinajstić information content (AvgIpc) is 2.52. The smallest absolute Gasteiger partial charge is 0.106 e. The normalized spacial score (nSPS) is 14.4. The van der Waals surface area contributed by atoms with Crippen LogP contribution in [-0.2, 0) is 0 Å². The second-order valence-corrected chi connectivity index (χ2v) is 5.32. The van der Waals surface area contributed by atoms with Gasteiger partial charge in [0.15, 0.2) is 0 Å². The van der Waals surface area contributed by atoms with Crippen LogP contribution in [0.15, 0.2) is 54.6 Å². The van der Waals surface area contributed by atoms with E-state index in [0.717, 1.165) is 27.1 Å². The summed E-state index contributed by atoms with van der Waals surface area (Å²) >= 11 is 0. The lowest BCUT2D eigenvalue weighted by Gasteiger charge is -2.21. The molecule has 3 aromatic rings. The molecule has 4 N–H and O–H groups in total. The fourth-order valence-electron chi connectivity index (χ4n) is 2.89. The van der Waals surface area contributed by atoms with Gasteiger partial charge in [-0.2, -0.15) is 0 Å². The first-order valence-corrected chi connectivity index (χ1v) is 7.19. The van der Waals surface area contributed by atoms with Crippen molar-refractivity contribution in [2.75, 3.05) is 6.54 Å². The van der Waals surface area contributed by atoms with E-state index in [1.807, 2.05) is 48.5 Å². The third-order valence-corrected chi connectivity index (χ3v) is 3.94. The standard InChI is InChI=1S/C18H19NO2/c19-10-9-16(20)18(21)17-14-7-3-1-5-12(14)11-13-6-2-4-8-15(13)17/h1-8,11,16,18,20-21H,9-10,19H2. The molecule has 0 spiro atoms. The summed E-state index contributed by atoms with van der Waals surface area (Å²) in [6.07, 6.45) is -1.42. The largest absolute Gasteiger partial charge is 0.390 e. The number of hydrogen-bond donors (Lipinski definition) is 3. The maximum atomic E-state index is 10.6. The predicted molar refractivity (Wildman–Crippen MR) is 86.1 cm³/mol. The van der Waals surface area contributed by atoms with Crippen LogP contribution in [0.5, 0.6) is 0 Å². The fourth-order valence-corrected chi connectivity index (χ4v) is 2.89. The Bertz CT molecular complexity index is 715. The Morgan fingerprint density at radius 3 is 1.90 bits per heavy atom. The van der Waals surface area contributed by atoms with Gasteiger partial charge in [-0.15, -0.1) is 0 Å². The summed E-state index contributed by atoms with van der Waals surface area (Å²) < 4.78 is 0. The van der Waals surface area contributed by atoms with Gasteiger partial charge in [-0.3, -0.25) is 0 Å². The van der Waals surface area contributed by atoms with Gasteiger partial charge in [0.1, 0.15) is 6.10 Å². The van der Waals surface area contributed by atoms with Gasteiger partial charge in [0.2, 0.25) is 0 Å². The van der Waals surface area contributed by atoms with Crippen molar-refractivity contribution in [2.45, 2.75) is 18.6 Å². The Kier molecular flexibility index (Phi) is 3.88. The maximum Gasteiger partial charge on any atom is 0.106 e. The molecule has 0 aliphatic carbocycles. The molecule has 0 amide bonds. The second-order valence-electron chi connectivity index (χ2n) is 5.32. The van der Waals surface area contributed by atoms with E-state index in [1.165, 1.54) is 0 Å². The molecule has 0 heterocycles. The second kappa shape index (κ2) is 5.82. The van der Waals surface area contributed by atoms with Crippen molar-refractivity contribution in [2.24, 2.45) is 5.73 Å². The number of benzene rings is 3. The Hall–Kier alpha value is -1.94. The van der Waals surface area contributed by atoms with Crippen LogP contribution < -0.4 is 5.73 Å². The SMILES string of the molecule is NCCC(O)C(O)c1c2ccccc2cc2ccccc12. The number of aliphatic hydroxyl groups is 2. The summed E-state index contributed by atoms with van der Waals surface area (Å²) in [4.78, 5) is 0. The van der Waals surface area contributed by atoms with Crippen LogP contribution in [0.2, 0.25) is 0 Å². The molecule has 2 atom stereocenters. The summed E-state index contributed by atoms with van der Waals surface area (Å²) in [7, 11) is 0. The fraction of sp³-hybridized carbons (Fsp3) is 0.222. The third kappa shape index (κ3) is 2.51. The van der Waals surface area contributed by atoms with Crippen molar-refractivity contribution in [1.82, 2.24) is 0 Å². The van der Waals surface area contributed by atoms with Crippen LogP contribution in [0.3, 0.4) is 0 Å². The van der Waals surface area contributed by atoms with Gasteiger partial charge in [0.25, 0.3) is 0 Å². The number of hydrogen-bond acceptors (Lipinski definition) is 3. The van der Waals surface area contributed by atoms with E-state index in [0.29, 0.717) is 13.0 Å². The van der Waals surface area contributed by atoms with Gasteiger partial charge >= 0.3 is 0 Å². The van der Waals surface area contributed by atoms with E-state index >= 15 is 0 Å². The van der Waals surface area contributed by atoms with E-state index in [2.05, 4.69) is 6.07 Å². The van der Waals surface area contributed by atoms with E-state index in [-0.39, 0.29) is 0 Å². The maximum absolute atomic E-state index is 10.6. The molecule has 3 aromatic carbocycles. The molecular weight excluding hydrogens is 262 g/mol. The minimum Gasteiger partial charge on any atom is -0.390 e. The van der Waals surface area contributed by atoms with Gasteiger partial charge in [0, 0.05) is 0 Å². The zero-order chi connectivity index (χ0) is 14.8. The summed E-state index contributed by atoms with van der Waals surface area (Å²) in [5, 5.41) is 24.8. The van der Waals surface area contributed by atoms with Gasteiger partial charge in [-0.05, 0) is 46.1 Å². The Morgan fingerprint density at radius 1 is 0.857 bits per heavy atom. The Balaban J connectivity index is 2.29. The van der Waals surface area contributed by atoms with Crippen molar-refractivity contribution in [1.29, 1.82) is 0 Å². The summed E-state index contributed by atoms with van der Waals surface area (Å²) in [6, 6.07) is 18.0. The molecule has 0 fully saturated rings. The van der Waals surface area contributed by atoms with E-state index < -0.39 is 12.2 Å². The van der Waals surface area contributed by atoms with Crippen molar-refractivity contribution in [3.8, 4) is 0 Å². The van der Waals surface area contributed by atoms with E-state index in [1.54, 1.807) is 0 Å². The van der Waals surface area contributed by atoms with Gasteiger partial charge in [0.05, 0.1) is 6.10 Å². The topological polar surface area (TPSA) is 66.5 Å². The number of aliphatic hydroxyl groups excluding tert-OH is 2. The minimum absolute atomic E-state index is 0.348. The third-order valence-electron chi connectivity index (χ3n) is 3.94. The molecule has 3 heteroatoms. The monoisotopic (exact) mass is 281 g/mol. The number of rotatable bonds is 4. The van der Waals surface area contributed by atoms with Crippen molar-refractivity contribution in [3.05, 3.63) is 60.2 Å². The zero-order valence-electron chi connectivity index (χ0n) is 11.7. The van der Waals surface area contributed by atoms with E-state index in [4.69, 9.17) is 5.73 Å². The summed E-state index contributed by atoms with van der Waals surface area (Å²) in [5.41, 5.74) is 6.28. The number of fused-ring (bicyclic) bond motifs is 2. The van der Waals surface area contributed by atoms with Gasteiger partial charge in [-0.1, -0.05) is 48.5 Å². The molecule has 0 aromatic heterocycles.